The number of rotatable bonds is 9. The molecule has 0 aromatic carbocycles. The summed E-state index contributed by atoms with van der Waals surface area (Å²) in [7, 11) is 0. The maximum Gasteiger partial charge on any atom is 0.00671 e. The van der Waals surface area contributed by atoms with E-state index in [1.807, 2.05) is 0 Å². The predicted octanol–water partition coefficient (Wildman–Crippen LogP) is 4.76. The first-order valence-electron chi connectivity index (χ1n) is 7.23. The maximum atomic E-state index is 3.63. The molecular weight excluding hydrogens is 194 g/mol. The Morgan fingerprint density at radius 1 is 0.938 bits per heavy atom. The van der Waals surface area contributed by atoms with Gasteiger partial charge in [-0.05, 0) is 31.2 Å². The first kappa shape index (κ1) is 16.0. The largest absolute Gasteiger partial charge is 0.314 e. The van der Waals surface area contributed by atoms with Gasteiger partial charge in [-0.25, -0.2) is 0 Å². The Labute approximate surface area is 103 Å². The molecule has 0 saturated carbocycles. The molecule has 0 aromatic heterocycles. The molecule has 1 N–H and O–H groups in total. The van der Waals surface area contributed by atoms with E-state index in [1.165, 1.54) is 44.9 Å². The van der Waals surface area contributed by atoms with E-state index in [9.17, 15) is 0 Å². The van der Waals surface area contributed by atoms with Gasteiger partial charge in [-0.1, -0.05) is 60.3 Å². The first-order valence-corrected chi connectivity index (χ1v) is 7.23. The minimum absolute atomic E-state index is 0.483. The van der Waals surface area contributed by atoms with Crippen molar-refractivity contribution in [1.82, 2.24) is 5.32 Å². The Kier molecular flexibility index (Phi) is 9.02. The minimum atomic E-state index is 0.483. The fourth-order valence-corrected chi connectivity index (χ4v) is 2.06. The molecule has 0 spiro atoms. The summed E-state index contributed by atoms with van der Waals surface area (Å²) in [5, 5.41) is 3.63. The first-order chi connectivity index (χ1) is 7.49. The van der Waals surface area contributed by atoms with E-state index < -0.39 is 0 Å². The van der Waals surface area contributed by atoms with Gasteiger partial charge in [0.25, 0.3) is 0 Å². The van der Waals surface area contributed by atoms with Crippen LogP contribution in [0, 0.1) is 5.41 Å². The van der Waals surface area contributed by atoms with E-state index >= 15 is 0 Å². The molecule has 1 unspecified atom stereocenters. The zero-order valence-electron chi connectivity index (χ0n) is 12.2. The summed E-state index contributed by atoms with van der Waals surface area (Å²) < 4.78 is 0. The summed E-state index contributed by atoms with van der Waals surface area (Å²) >= 11 is 0. The number of nitrogens with one attached hydrogen (secondary N) is 1. The molecule has 0 bridgehead atoms. The van der Waals surface area contributed by atoms with Crippen molar-refractivity contribution in [2.24, 2.45) is 5.41 Å². The average Bonchev–Trinajstić information content (AvgIpc) is 2.19. The molecule has 0 amide bonds. The van der Waals surface area contributed by atoms with E-state index in [0.29, 0.717) is 5.41 Å². The van der Waals surface area contributed by atoms with Crippen molar-refractivity contribution in [3.63, 3.8) is 0 Å². The molecule has 0 aliphatic heterocycles. The smallest absolute Gasteiger partial charge is 0.00671 e. The number of hydrogen-bond donors (Lipinski definition) is 1. The Balaban J connectivity index is 3.70. The molecule has 16 heavy (non-hydrogen) atoms. The summed E-state index contributed by atoms with van der Waals surface area (Å²) in [4.78, 5) is 0. The Morgan fingerprint density at radius 2 is 1.62 bits per heavy atom. The van der Waals surface area contributed by atoms with Crippen LogP contribution in [0.4, 0.5) is 0 Å². The lowest BCUT2D eigenvalue weighted by atomic mass is 9.87. The van der Waals surface area contributed by atoms with Gasteiger partial charge in [0.2, 0.25) is 0 Å². The molecular formula is C15H33N. The Bertz CT molecular complexity index is 146. The lowest BCUT2D eigenvalue weighted by molar-refractivity contribution is 0.321. The summed E-state index contributed by atoms with van der Waals surface area (Å²) in [5.74, 6) is 0. The molecule has 0 heterocycles. The van der Waals surface area contributed by atoms with Crippen LogP contribution in [0.15, 0.2) is 0 Å². The van der Waals surface area contributed by atoms with Crippen LogP contribution in [-0.4, -0.2) is 12.6 Å². The van der Waals surface area contributed by atoms with Gasteiger partial charge >= 0.3 is 0 Å². The van der Waals surface area contributed by atoms with E-state index in [1.54, 1.807) is 0 Å². The lowest BCUT2D eigenvalue weighted by Gasteiger charge is -2.23. The van der Waals surface area contributed by atoms with Gasteiger partial charge in [0.1, 0.15) is 0 Å². The van der Waals surface area contributed by atoms with Gasteiger partial charge in [0.05, 0.1) is 0 Å². The van der Waals surface area contributed by atoms with Gasteiger partial charge in [0.15, 0.2) is 0 Å². The minimum Gasteiger partial charge on any atom is -0.314 e. The van der Waals surface area contributed by atoms with Crippen LogP contribution in [-0.2, 0) is 0 Å². The summed E-state index contributed by atoms with van der Waals surface area (Å²) in [6, 6.07) is 0.751. The second-order valence-electron chi connectivity index (χ2n) is 6.20. The monoisotopic (exact) mass is 227 g/mol. The average molecular weight is 227 g/mol. The Morgan fingerprint density at radius 3 is 2.12 bits per heavy atom. The molecule has 0 aliphatic rings. The van der Waals surface area contributed by atoms with Crippen LogP contribution >= 0.6 is 0 Å². The van der Waals surface area contributed by atoms with Crippen LogP contribution in [0.25, 0.3) is 0 Å². The second kappa shape index (κ2) is 9.04. The summed E-state index contributed by atoms with van der Waals surface area (Å²) in [6.07, 6.45) is 9.58. The zero-order valence-corrected chi connectivity index (χ0v) is 12.2. The van der Waals surface area contributed by atoms with Crippen LogP contribution in [0.2, 0.25) is 0 Å². The number of unbranched alkanes of at least 4 members (excludes halogenated alkanes) is 3. The standard InChI is InChI=1S/C15H33N/c1-6-8-9-10-11-14(16-7-2)12-13-15(3,4)5/h14,16H,6-13H2,1-5H3. The highest BCUT2D eigenvalue weighted by Crippen LogP contribution is 2.23. The highest BCUT2D eigenvalue weighted by molar-refractivity contribution is 4.71. The van der Waals surface area contributed by atoms with Crippen molar-refractivity contribution < 1.29 is 0 Å². The van der Waals surface area contributed by atoms with Crippen LogP contribution in [0.3, 0.4) is 0 Å². The topological polar surface area (TPSA) is 12.0 Å². The van der Waals surface area contributed by atoms with E-state index in [2.05, 4.69) is 39.9 Å². The molecule has 1 atom stereocenters. The van der Waals surface area contributed by atoms with E-state index in [4.69, 9.17) is 0 Å². The molecule has 0 fully saturated rings. The fourth-order valence-electron chi connectivity index (χ4n) is 2.06. The lowest BCUT2D eigenvalue weighted by Crippen LogP contribution is -2.30. The predicted molar refractivity (Wildman–Crippen MR) is 74.9 cm³/mol. The summed E-state index contributed by atoms with van der Waals surface area (Å²) in [6.45, 7) is 12.6. The van der Waals surface area contributed by atoms with Crippen molar-refractivity contribution in [3.8, 4) is 0 Å². The van der Waals surface area contributed by atoms with Crippen molar-refractivity contribution in [1.29, 1.82) is 0 Å². The van der Waals surface area contributed by atoms with Crippen LogP contribution in [0.1, 0.15) is 79.6 Å². The molecule has 0 saturated heterocycles. The molecule has 0 aromatic rings. The summed E-state index contributed by atoms with van der Waals surface area (Å²) in [5.41, 5.74) is 0.483. The van der Waals surface area contributed by atoms with Crippen molar-refractivity contribution in [2.75, 3.05) is 6.54 Å². The van der Waals surface area contributed by atoms with Gasteiger partial charge < -0.3 is 5.32 Å². The highest BCUT2D eigenvalue weighted by Gasteiger charge is 2.14. The molecule has 98 valence electrons. The van der Waals surface area contributed by atoms with E-state index in [-0.39, 0.29) is 0 Å². The third-order valence-electron chi connectivity index (χ3n) is 3.14. The zero-order chi connectivity index (χ0) is 12.4. The van der Waals surface area contributed by atoms with Crippen molar-refractivity contribution in [2.45, 2.75) is 85.6 Å². The van der Waals surface area contributed by atoms with E-state index in [0.717, 1.165) is 12.6 Å². The second-order valence-corrected chi connectivity index (χ2v) is 6.20. The number of hydrogen-bond acceptors (Lipinski definition) is 1. The molecule has 0 radical (unpaired) electrons. The fraction of sp³-hybridized carbons (Fsp3) is 1.00. The van der Waals surface area contributed by atoms with Crippen molar-refractivity contribution >= 4 is 0 Å². The van der Waals surface area contributed by atoms with Crippen molar-refractivity contribution in [3.05, 3.63) is 0 Å². The van der Waals surface area contributed by atoms with Crippen LogP contribution in [0.5, 0.6) is 0 Å². The third kappa shape index (κ3) is 10.5. The molecule has 0 aliphatic carbocycles. The van der Waals surface area contributed by atoms with Crippen LogP contribution < -0.4 is 5.32 Å². The van der Waals surface area contributed by atoms with Gasteiger partial charge in [-0.3, -0.25) is 0 Å². The molecule has 1 nitrogen and oxygen atoms in total. The quantitative estimate of drug-likeness (QED) is 0.560. The maximum absolute atomic E-state index is 3.63. The van der Waals surface area contributed by atoms with Gasteiger partial charge in [-0.15, -0.1) is 0 Å². The van der Waals surface area contributed by atoms with Gasteiger partial charge in [0, 0.05) is 6.04 Å². The normalized spacial score (nSPS) is 14.1. The Hall–Kier alpha value is -0.0400. The third-order valence-corrected chi connectivity index (χ3v) is 3.14. The molecule has 1 heteroatoms. The molecule has 0 rings (SSSR count). The van der Waals surface area contributed by atoms with Gasteiger partial charge in [-0.2, -0.15) is 0 Å². The SMILES string of the molecule is CCCCCCC(CCC(C)(C)C)NCC. The highest BCUT2D eigenvalue weighted by atomic mass is 14.9.